The van der Waals surface area contributed by atoms with Gasteiger partial charge in [-0.05, 0) is 65.2 Å². The van der Waals surface area contributed by atoms with Crippen molar-refractivity contribution in [3.05, 3.63) is 92.8 Å². The summed E-state index contributed by atoms with van der Waals surface area (Å²) in [5, 5.41) is 12.2. The molecular weight excluding hydrogens is 494 g/mol. The van der Waals surface area contributed by atoms with Crippen molar-refractivity contribution in [1.82, 2.24) is 19.6 Å². The molecule has 0 unspecified atom stereocenters. The molecule has 4 rings (SSSR count). The van der Waals surface area contributed by atoms with Gasteiger partial charge < -0.3 is 10.1 Å². The average Bonchev–Trinajstić information content (AvgIpc) is 3.37. The minimum atomic E-state index is -0.354. The number of ether oxygens (including phenoxy) is 1. The Hall–Kier alpha value is -3.10. The lowest BCUT2D eigenvalue weighted by Crippen LogP contribution is -2.15. The Kier molecular flexibility index (Phi) is 6.62. The highest BCUT2D eigenvalue weighted by Crippen LogP contribution is 2.22. The molecule has 2 heterocycles. The van der Waals surface area contributed by atoms with E-state index >= 15 is 0 Å². The van der Waals surface area contributed by atoms with Gasteiger partial charge in [0.15, 0.2) is 18.2 Å². The molecule has 164 valence electrons. The molecule has 0 saturated heterocycles. The van der Waals surface area contributed by atoms with Crippen molar-refractivity contribution in [3.63, 3.8) is 0 Å². The van der Waals surface area contributed by atoms with Gasteiger partial charge in [-0.2, -0.15) is 10.2 Å². The van der Waals surface area contributed by atoms with E-state index in [1.165, 1.54) is 5.56 Å². The SMILES string of the molecule is Cc1ccc(Cn2cc(Br)c(NC(=O)c3ccn(COc4ccc(Cl)c(C)c4)n3)n2)cc1. The summed E-state index contributed by atoms with van der Waals surface area (Å²) >= 11 is 9.49. The van der Waals surface area contributed by atoms with E-state index in [0.717, 1.165) is 11.1 Å². The number of carbonyl (C=O) groups is 1. The summed E-state index contributed by atoms with van der Waals surface area (Å²) in [5.41, 5.74) is 3.52. The Balaban J connectivity index is 1.37. The van der Waals surface area contributed by atoms with E-state index in [4.69, 9.17) is 16.3 Å². The second-order valence-electron chi connectivity index (χ2n) is 7.39. The molecule has 2 aromatic carbocycles. The Morgan fingerprint density at radius 2 is 1.88 bits per heavy atom. The molecule has 7 nitrogen and oxygen atoms in total. The summed E-state index contributed by atoms with van der Waals surface area (Å²) in [6.07, 6.45) is 3.51. The highest BCUT2D eigenvalue weighted by molar-refractivity contribution is 9.10. The highest BCUT2D eigenvalue weighted by Gasteiger charge is 2.15. The third kappa shape index (κ3) is 5.38. The van der Waals surface area contributed by atoms with Crippen LogP contribution in [-0.2, 0) is 13.3 Å². The molecule has 0 radical (unpaired) electrons. The summed E-state index contributed by atoms with van der Waals surface area (Å²) in [5.74, 6) is 0.758. The number of hydrogen-bond acceptors (Lipinski definition) is 4. The molecule has 0 atom stereocenters. The first-order valence-electron chi connectivity index (χ1n) is 9.89. The molecule has 32 heavy (non-hydrogen) atoms. The maximum atomic E-state index is 12.6. The second kappa shape index (κ2) is 9.58. The van der Waals surface area contributed by atoms with Gasteiger partial charge in [0.1, 0.15) is 5.75 Å². The molecule has 0 spiro atoms. The standard InChI is InChI=1S/C23H21BrClN5O2/c1-15-3-5-17(6-4-15)12-30-13-19(24)22(28-30)26-23(31)21-9-10-29(27-21)14-32-18-7-8-20(25)16(2)11-18/h3-11,13H,12,14H2,1-2H3,(H,26,28,31). The first-order valence-corrected chi connectivity index (χ1v) is 11.1. The number of amides is 1. The third-order valence-electron chi connectivity index (χ3n) is 4.78. The van der Waals surface area contributed by atoms with E-state index in [9.17, 15) is 4.79 Å². The third-order valence-corrected chi connectivity index (χ3v) is 5.78. The van der Waals surface area contributed by atoms with Gasteiger partial charge in [-0.1, -0.05) is 41.4 Å². The number of hydrogen-bond donors (Lipinski definition) is 1. The number of carbonyl (C=O) groups excluding carboxylic acids is 1. The largest absolute Gasteiger partial charge is 0.471 e. The number of nitrogens with zero attached hydrogens (tertiary/aromatic N) is 4. The smallest absolute Gasteiger partial charge is 0.277 e. The van der Waals surface area contributed by atoms with Crippen molar-refractivity contribution < 1.29 is 9.53 Å². The molecule has 2 aromatic heterocycles. The minimum absolute atomic E-state index is 0.170. The van der Waals surface area contributed by atoms with Gasteiger partial charge in [-0.3, -0.25) is 9.48 Å². The summed E-state index contributed by atoms with van der Waals surface area (Å²) in [6.45, 7) is 4.73. The fraction of sp³-hybridized carbons (Fsp3) is 0.174. The van der Waals surface area contributed by atoms with Crippen LogP contribution >= 0.6 is 27.5 Å². The molecule has 0 aliphatic carbocycles. The van der Waals surface area contributed by atoms with Gasteiger partial charge in [0.2, 0.25) is 0 Å². The van der Waals surface area contributed by atoms with Crippen molar-refractivity contribution in [1.29, 1.82) is 0 Å². The molecular formula is C23H21BrClN5O2. The fourth-order valence-electron chi connectivity index (χ4n) is 3.02. The monoisotopic (exact) mass is 513 g/mol. The number of benzene rings is 2. The number of aryl methyl sites for hydroxylation is 2. The van der Waals surface area contributed by atoms with Gasteiger partial charge in [-0.15, -0.1) is 0 Å². The Bertz CT molecular complexity index is 1250. The first kappa shape index (κ1) is 22.1. The van der Waals surface area contributed by atoms with E-state index in [2.05, 4.69) is 55.7 Å². The Morgan fingerprint density at radius 3 is 2.62 bits per heavy atom. The van der Waals surface area contributed by atoms with Crippen molar-refractivity contribution in [2.75, 3.05) is 5.32 Å². The van der Waals surface area contributed by atoms with Gasteiger partial charge in [0.05, 0.1) is 11.0 Å². The topological polar surface area (TPSA) is 74.0 Å². The van der Waals surface area contributed by atoms with E-state index in [1.54, 1.807) is 33.8 Å². The summed E-state index contributed by atoms with van der Waals surface area (Å²) in [6, 6.07) is 15.3. The summed E-state index contributed by atoms with van der Waals surface area (Å²) < 4.78 is 9.72. The first-order chi connectivity index (χ1) is 15.4. The fourth-order valence-corrected chi connectivity index (χ4v) is 3.55. The van der Waals surface area contributed by atoms with E-state index in [1.807, 2.05) is 26.1 Å². The van der Waals surface area contributed by atoms with E-state index in [-0.39, 0.29) is 18.3 Å². The lowest BCUT2D eigenvalue weighted by molar-refractivity contribution is 0.101. The normalized spacial score (nSPS) is 10.9. The van der Waals surface area contributed by atoms with Crippen LogP contribution in [0.2, 0.25) is 5.02 Å². The molecule has 0 bridgehead atoms. The summed E-state index contributed by atoms with van der Waals surface area (Å²) in [7, 11) is 0. The van der Waals surface area contributed by atoms with Crippen LogP contribution in [-0.4, -0.2) is 25.5 Å². The number of rotatable bonds is 7. The zero-order valence-corrected chi connectivity index (χ0v) is 19.9. The van der Waals surface area contributed by atoms with E-state index in [0.29, 0.717) is 27.6 Å². The predicted molar refractivity (Wildman–Crippen MR) is 127 cm³/mol. The molecule has 0 aliphatic rings. The van der Waals surface area contributed by atoms with Crippen LogP contribution in [0, 0.1) is 13.8 Å². The number of anilines is 1. The number of halogens is 2. The zero-order chi connectivity index (χ0) is 22.7. The predicted octanol–water partition coefficient (Wildman–Crippen LogP) is 5.45. The van der Waals surface area contributed by atoms with Crippen LogP contribution in [0.1, 0.15) is 27.2 Å². The van der Waals surface area contributed by atoms with Gasteiger partial charge in [-0.25, -0.2) is 4.68 Å². The van der Waals surface area contributed by atoms with Crippen LogP contribution in [0.3, 0.4) is 0 Å². The van der Waals surface area contributed by atoms with Crippen LogP contribution < -0.4 is 10.1 Å². The van der Waals surface area contributed by atoms with Crippen molar-refractivity contribution in [2.45, 2.75) is 27.1 Å². The number of nitrogens with one attached hydrogen (secondary N) is 1. The van der Waals surface area contributed by atoms with Crippen molar-refractivity contribution in [2.24, 2.45) is 0 Å². The lowest BCUT2D eigenvalue weighted by atomic mass is 10.1. The Labute approximate surface area is 199 Å². The lowest BCUT2D eigenvalue weighted by Gasteiger charge is -2.07. The molecule has 0 saturated carbocycles. The quantitative estimate of drug-likeness (QED) is 0.356. The maximum Gasteiger partial charge on any atom is 0.277 e. The Morgan fingerprint density at radius 1 is 1.09 bits per heavy atom. The molecule has 1 amide bonds. The van der Waals surface area contributed by atoms with E-state index < -0.39 is 0 Å². The maximum absolute atomic E-state index is 12.6. The van der Waals surface area contributed by atoms with Crippen LogP contribution in [0.15, 0.2) is 65.4 Å². The summed E-state index contributed by atoms with van der Waals surface area (Å²) in [4.78, 5) is 12.6. The zero-order valence-electron chi connectivity index (χ0n) is 17.5. The second-order valence-corrected chi connectivity index (χ2v) is 8.65. The molecule has 1 N–H and O–H groups in total. The average molecular weight is 515 g/mol. The van der Waals surface area contributed by atoms with Gasteiger partial charge in [0.25, 0.3) is 5.91 Å². The van der Waals surface area contributed by atoms with Gasteiger partial charge in [0, 0.05) is 17.4 Å². The van der Waals surface area contributed by atoms with Crippen LogP contribution in [0.4, 0.5) is 5.82 Å². The van der Waals surface area contributed by atoms with Crippen molar-refractivity contribution in [3.8, 4) is 5.75 Å². The molecule has 9 heteroatoms. The molecule has 0 aliphatic heterocycles. The molecule has 0 fully saturated rings. The van der Waals surface area contributed by atoms with Crippen molar-refractivity contribution >= 4 is 39.3 Å². The number of aromatic nitrogens is 4. The highest BCUT2D eigenvalue weighted by atomic mass is 79.9. The minimum Gasteiger partial charge on any atom is -0.471 e. The van der Waals surface area contributed by atoms with Crippen LogP contribution in [0.5, 0.6) is 5.75 Å². The molecule has 4 aromatic rings. The van der Waals surface area contributed by atoms with Crippen LogP contribution in [0.25, 0.3) is 0 Å². The van der Waals surface area contributed by atoms with Gasteiger partial charge >= 0.3 is 0 Å².